The molecule has 3 nitrogen and oxygen atoms in total. The van der Waals surface area contributed by atoms with Crippen molar-refractivity contribution in [1.82, 2.24) is 9.80 Å². The topological polar surface area (TPSA) is 23.6 Å². The first-order chi connectivity index (χ1) is 10.1. The SMILES string of the molecule is CCN1CCC(N(C)C(=O)CCc2ccc(F)cc2)CC1. The minimum absolute atomic E-state index is 0.189. The molecule has 1 saturated heterocycles. The number of amides is 1. The second-order valence-corrected chi connectivity index (χ2v) is 5.80. The van der Waals surface area contributed by atoms with Gasteiger partial charge in [0.25, 0.3) is 0 Å². The van der Waals surface area contributed by atoms with Crippen molar-refractivity contribution in [1.29, 1.82) is 0 Å². The number of likely N-dealkylation sites (tertiary alicyclic amines) is 1. The van der Waals surface area contributed by atoms with Crippen molar-refractivity contribution in [3.05, 3.63) is 35.6 Å². The molecule has 0 aromatic heterocycles. The lowest BCUT2D eigenvalue weighted by Gasteiger charge is -2.36. The first-order valence-electron chi connectivity index (χ1n) is 7.82. The highest BCUT2D eigenvalue weighted by molar-refractivity contribution is 5.76. The van der Waals surface area contributed by atoms with Crippen LogP contribution in [0, 0.1) is 5.82 Å². The van der Waals surface area contributed by atoms with Crippen molar-refractivity contribution in [3.8, 4) is 0 Å². The average Bonchev–Trinajstić information content (AvgIpc) is 2.53. The van der Waals surface area contributed by atoms with E-state index in [-0.39, 0.29) is 11.7 Å². The zero-order valence-electron chi connectivity index (χ0n) is 13.0. The summed E-state index contributed by atoms with van der Waals surface area (Å²) in [4.78, 5) is 16.6. The van der Waals surface area contributed by atoms with Crippen LogP contribution < -0.4 is 0 Å². The highest BCUT2D eigenvalue weighted by Crippen LogP contribution is 2.16. The Morgan fingerprint density at radius 3 is 2.48 bits per heavy atom. The van der Waals surface area contributed by atoms with E-state index in [0.29, 0.717) is 18.9 Å². The fourth-order valence-electron chi connectivity index (χ4n) is 2.91. The van der Waals surface area contributed by atoms with E-state index < -0.39 is 0 Å². The Labute approximate surface area is 126 Å². The molecular weight excluding hydrogens is 267 g/mol. The monoisotopic (exact) mass is 292 g/mol. The van der Waals surface area contributed by atoms with Gasteiger partial charge < -0.3 is 9.80 Å². The number of carbonyl (C=O) groups excluding carboxylic acids is 1. The zero-order valence-corrected chi connectivity index (χ0v) is 13.0. The molecule has 0 saturated carbocycles. The summed E-state index contributed by atoms with van der Waals surface area (Å²) in [6, 6.07) is 6.77. The van der Waals surface area contributed by atoms with Gasteiger partial charge in [0, 0.05) is 32.6 Å². The van der Waals surface area contributed by atoms with Crippen LogP contribution in [0.4, 0.5) is 4.39 Å². The first kappa shape index (κ1) is 16.0. The molecule has 0 bridgehead atoms. The smallest absolute Gasteiger partial charge is 0.222 e. The van der Waals surface area contributed by atoms with E-state index in [1.54, 1.807) is 12.1 Å². The van der Waals surface area contributed by atoms with E-state index in [0.717, 1.165) is 38.0 Å². The number of halogens is 1. The number of hydrogen-bond donors (Lipinski definition) is 0. The summed E-state index contributed by atoms with van der Waals surface area (Å²) in [5.41, 5.74) is 1.01. The Morgan fingerprint density at radius 2 is 1.90 bits per heavy atom. The van der Waals surface area contributed by atoms with Crippen molar-refractivity contribution in [2.45, 2.75) is 38.6 Å². The molecule has 1 aliphatic heterocycles. The summed E-state index contributed by atoms with van der Waals surface area (Å²) in [6.07, 6.45) is 3.30. The third-order valence-electron chi connectivity index (χ3n) is 4.49. The lowest BCUT2D eigenvalue weighted by atomic mass is 10.0. The number of rotatable bonds is 5. The average molecular weight is 292 g/mol. The van der Waals surface area contributed by atoms with Crippen LogP contribution in [-0.2, 0) is 11.2 Å². The fraction of sp³-hybridized carbons (Fsp3) is 0.588. The van der Waals surface area contributed by atoms with Gasteiger partial charge in [-0.2, -0.15) is 0 Å². The predicted molar refractivity (Wildman–Crippen MR) is 82.6 cm³/mol. The number of hydrogen-bond acceptors (Lipinski definition) is 2. The molecule has 4 heteroatoms. The molecule has 21 heavy (non-hydrogen) atoms. The summed E-state index contributed by atoms with van der Waals surface area (Å²) >= 11 is 0. The molecule has 0 atom stereocenters. The van der Waals surface area contributed by atoms with Gasteiger partial charge in [-0.3, -0.25) is 4.79 Å². The Morgan fingerprint density at radius 1 is 1.29 bits per heavy atom. The largest absolute Gasteiger partial charge is 0.343 e. The molecule has 0 N–H and O–H groups in total. The van der Waals surface area contributed by atoms with Gasteiger partial charge in [0.2, 0.25) is 5.91 Å². The fourth-order valence-corrected chi connectivity index (χ4v) is 2.91. The Balaban J connectivity index is 1.78. The first-order valence-corrected chi connectivity index (χ1v) is 7.82. The standard InChI is InChI=1S/C17H25FN2O/c1-3-20-12-10-16(11-13-20)19(2)17(21)9-6-14-4-7-15(18)8-5-14/h4-5,7-8,16H,3,6,9-13H2,1-2H3. The predicted octanol–water partition coefficient (Wildman–Crippen LogP) is 2.70. The molecule has 2 rings (SSSR count). The maximum atomic E-state index is 12.8. The Hall–Kier alpha value is -1.42. The van der Waals surface area contributed by atoms with Gasteiger partial charge in [0.1, 0.15) is 5.82 Å². The normalized spacial score (nSPS) is 16.9. The molecule has 1 fully saturated rings. The molecule has 1 aliphatic rings. The van der Waals surface area contributed by atoms with Gasteiger partial charge in [0.05, 0.1) is 0 Å². The molecule has 0 unspecified atom stereocenters. The lowest BCUT2D eigenvalue weighted by Crippen LogP contribution is -2.45. The molecule has 0 radical (unpaired) electrons. The molecule has 1 aromatic rings. The van der Waals surface area contributed by atoms with Crippen molar-refractivity contribution < 1.29 is 9.18 Å². The van der Waals surface area contributed by atoms with Crippen LogP contribution in [-0.4, -0.2) is 48.4 Å². The van der Waals surface area contributed by atoms with Gasteiger partial charge in [-0.25, -0.2) is 4.39 Å². The van der Waals surface area contributed by atoms with E-state index in [2.05, 4.69) is 11.8 Å². The van der Waals surface area contributed by atoms with Gasteiger partial charge >= 0.3 is 0 Å². The number of carbonyl (C=O) groups is 1. The van der Waals surface area contributed by atoms with Crippen LogP contribution in [0.1, 0.15) is 31.7 Å². The van der Waals surface area contributed by atoms with E-state index in [1.807, 2.05) is 11.9 Å². The molecule has 1 amide bonds. The summed E-state index contributed by atoms with van der Waals surface area (Å²) < 4.78 is 12.8. The van der Waals surface area contributed by atoms with Crippen LogP contribution in [0.3, 0.4) is 0 Å². The highest BCUT2D eigenvalue weighted by atomic mass is 19.1. The minimum atomic E-state index is -0.232. The van der Waals surface area contributed by atoms with Gasteiger partial charge in [-0.15, -0.1) is 0 Å². The number of piperidine rings is 1. The highest BCUT2D eigenvalue weighted by Gasteiger charge is 2.24. The van der Waals surface area contributed by atoms with Crippen LogP contribution in [0.25, 0.3) is 0 Å². The number of aryl methyl sites for hydroxylation is 1. The van der Waals surface area contributed by atoms with Gasteiger partial charge in [0.15, 0.2) is 0 Å². The Bertz CT molecular complexity index is 452. The number of nitrogens with zero attached hydrogens (tertiary/aromatic N) is 2. The van der Waals surface area contributed by atoms with Crippen LogP contribution >= 0.6 is 0 Å². The van der Waals surface area contributed by atoms with Gasteiger partial charge in [-0.1, -0.05) is 19.1 Å². The second-order valence-electron chi connectivity index (χ2n) is 5.80. The number of benzene rings is 1. The third-order valence-corrected chi connectivity index (χ3v) is 4.49. The van der Waals surface area contributed by atoms with E-state index >= 15 is 0 Å². The second kappa shape index (κ2) is 7.55. The van der Waals surface area contributed by atoms with Crippen molar-refractivity contribution >= 4 is 5.91 Å². The quantitative estimate of drug-likeness (QED) is 0.833. The Kier molecular flexibility index (Phi) is 5.74. The van der Waals surface area contributed by atoms with E-state index in [1.165, 1.54) is 12.1 Å². The minimum Gasteiger partial charge on any atom is -0.343 e. The molecule has 0 spiro atoms. The molecular formula is C17H25FN2O. The zero-order chi connectivity index (χ0) is 15.2. The van der Waals surface area contributed by atoms with E-state index in [9.17, 15) is 9.18 Å². The summed E-state index contributed by atoms with van der Waals surface area (Å²) in [5, 5.41) is 0. The maximum absolute atomic E-state index is 12.8. The third kappa shape index (κ3) is 4.53. The summed E-state index contributed by atoms with van der Waals surface area (Å²) in [6.45, 7) is 5.43. The molecule has 1 aromatic carbocycles. The molecule has 1 heterocycles. The maximum Gasteiger partial charge on any atom is 0.222 e. The van der Waals surface area contributed by atoms with Crippen LogP contribution in [0.2, 0.25) is 0 Å². The summed E-state index contributed by atoms with van der Waals surface area (Å²) in [5.74, 6) is -0.0425. The summed E-state index contributed by atoms with van der Waals surface area (Å²) in [7, 11) is 1.92. The van der Waals surface area contributed by atoms with Crippen LogP contribution in [0.15, 0.2) is 24.3 Å². The van der Waals surface area contributed by atoms with Crippen molar-refractivity contribution in [2.24, 2.45) is 0 Å². The van der Waals surface area contributed by atoms with Gasteiger partial charge in [-0.05, 0) is 43.5 Å². The lowest BCUT2D eigenvalue weighted by molar-refractivity contribution is -0.132. The van der Waals surface area contributed by atoms with Crippen molar-refractivity contribution in [3.63, 3.8) is 0 Å². The van der Waals surface area contributed by atoms with Crippen LogP contribution in [0.5, 0.6) is 0 Å². The molecule has 0 aliphatic carbocycles. The molecule has 116 valence electrons. The van der Waals surface area contributed by atoms with Crippen molar-refractivity contribution in [2.75, 3.05) is 26.7 Å². The van der Waals surface area contributed by atoms with E-state index in [4.69, 9.17) is 0 Å².